The average Bonchev–Trinajstić information content (AvgIpc) is 2.45. The number of aliphatic hydroxyl groups is 2. The van der Waals surface area contributed by atoms with Gasteiger partial charge in [0.05, 0.1) is 12.6 Å². The molecule has 5 heteroatoms. The first-order valence-electron chi connectivity index (χ1n) is 6.00. The minimum atomic E-state index is -1.11. The molecule has 0 aromatic heterocycles. The van der Waals surface area contributed by atoms with Crippen LogP contribution in [0.25, 0.3) is 21.2 Å². The Hall–Kier alpha value is -2.07. The predicted molar refractivity (Wildman–Crippen MR) is 73.7 cm³/mol. The van der Waals surface area contributed by atoms with Gasteiger partial charge >= 0.3 is 0 Å². The number of nitrogens with zero attached hydrogens (tertiary/aromatic N) is 3. The van der Waals surface area contributed by atoms with Crippen LogP contribution in [0.1, 0.15) is 17.2 Å². The molecule has 0 saturated carbocycles. The van der Waals surface area contributed by atoms with Crippen molar-refractivity contribution in [3.8, 4) is 0 Å². The highest BCUT2D eigenvalue weighted by Gasteiger charge is 2.19. The second kappa shape index (κ2) is 5.71. The lowest BCUT2D eigenvalue weighted by Crippen LogP contribution is -2.21. The largest absolute Gasteiger partial charge is 0.390 e. The fraction of sp³-hybridized carbons (Fsp3) is 0.286. The van der Waals surface area contributed by atoms with Crippen LogP contribution in [0.3, 0.4) is 0 Å². The predicted octanol–water partition coefficient (Wildman–Crippen LogP) is 2.85. The number of fused-ring (bicyclic) bond motifs is 1. The van der Waals surface area contributed by atoms with Crippen LogP contribution in [-0.2, 0) is 0 Å². The molecule has 0 amide bonds. The zero-order chi connectivity index (χ0) is 13.8. The maximum Gasteiger partial charge on any atom is 0.106 e. The number of hydrogen-bond acceptors (Lipinski definition) is 3. The van der Waals surface area contributed by atoms with Gasteiger partial charge in [-0.25, -0.2) is 0 Å². The van der Waals surface area contributed by atoms with Gasteiger partial charge in [-0.1, -0.05) is 41.5 Å². The number of aliphatic hydroxyl groups excluding tert-OH is 2. The van der Waals surface area contributed by atoms with E-state index in [1.807, 2.05) is 37.3 Å². The molecule has 0 radical (unpaired) electrons. The Balaban J connectivity index is 2.45. The second-order valence-corrected chi connectivity index (χ2v) is 4.44. The van der Waals surface area contributed by atoms with Crippen LogP contribution in [0.15, 0.2) is 41.5 Å². The SMILES string of the molecule is Cc1ccc(C(O)C(O)CN=[N+]=[N-])c2ccccc12. The molecule has 0 aliphatic heterocycles. The molecule has 5 nitrogen and oxygen atoms in total. The van der Waals surface area contributed by atoms with Gasteiger partial charge in [0.25, 0.3) is 0 Å². The van der Waals surface area contributed by atoms with Gasteiger partial charge in [-0.3, -0.25) is 0 Å². The lowest BCUT2D eigenvalue weighted by molar-refractivity contribution is 0.0253. The molecule has 19 heavy (non-hydrogen) atoms. The molecule has 0 spiro atoms. The van der Waals surface area contributed by atoms with E-state index >= 15 is 0 Å². The van der Waals surface area contributed by atoms with Crippen LogP contribution in [0, 0.1) is 6.92 Å². The molecule has 2 rings (SSSR count). The minimum absolute atomic E-state index is 0.153. The highest BCUT2D eigenvalue weighted by molar-refractivity contribution is 5.88. The summed E-state index contributed by atoms with van der Waals surface area (Å²) in [6.07, 6.45) is -2.18. The van der Waals surface area contributed by atoms with Crippen LogP contribution >= 0.6 is 0 Å². The van der Waals surface area contributed by atoms with Crippen molar-refractivity contribution in [3.05, 3.63) is 58.0 Å². The Kier molecular flexibility index (Phi) is 4.02. The van der Waals surface area contributed by atoms with E-state index in [-0.39, 0.29) is 6.54 Å². The first-order valence-corrected chi connectivity index (χ1v) is 6.00. The molecule has 2 aromatic carbocycles. The van der Waals surface area contributed by atoms with Gasteiger partial charge in [-0.2, -0.15) is 0 Å². The fourth-order valence-electron chi connectivity index (χ4n) is 2.16. The summed E-state index contributed by atoms with van der Waals surface area (Å²) < 4.78 is 0. The van der Waals surface area contributed by atoms with Crippen LogP contribution in [0.2, 0.25) is 0 Å². The van der Waals surface area contributed by atoms with E-state index < -0.39 is 12.2 Å². The van der Waals surface area contributed by atoms with E-state index in [4.69, 9.17) is 5.53 Å². The van der Waals surface area contributed by atoms with Gasteiger partial charge in [0.2, 0.25) is 0 Å². The van der Waals surface area contributed by atoms with E-state index in [2.05, 4.69) is 10.0 Å². The minimum Gasteiger partial charge on any atom is -0.390 e. The smallest absolute Gasteiger partial charge is 0.106 e. The number of rotatable bonds is 4. The summed E-state index contributed by atoms with van der Waals surface area (Å²) in [5.41, 5.74) is 9.99. The molecule has 0 heterocycles. The Morgan fingerprint density at radius 1 is 1.16 bits per heavy atom. The standard InChI is InChI=1S/C14H15N3O2/c1-9-6-7-12(11-5-3-2-4-10(9)11)14(19)13(18)8-16-17-15/h2-7,13-14,18-19H,8H2,1H3. The Morgan fingerprint density at radius 2 is 1.84 bits per heavy atom. The summed E-state index contributed by atoms with van der Waals surface area (Å²) in [7, 11) is 0. The lowest BCUT2D eigenvalue weighted by atomic mass is 9.95. The van der Waals surface area contributed by atoms with Crippen molar-refractivity contribution >= 4 is 10.8 Å². The second-order valence-electron chi connectivity index (χ2n) is 4.44. The first-order chi connectivity index (χ1) is 9.15. The van der Waals surface area contributed by atoms with Crippen molar-refractivity contribution in [2.24, 2.45) is 5.11 Å². The molecule has 2 N–H and O–H groups in total. The molecule has 2 aromatic rings. The molecule has 0 fully saturated rings. The Labute approximate surface area is 110 Å². The summed E-state index contributed by atoms with van der Waals surface area (Å²) in [6, 6.07) is 11.4. The molecule has 98 valence electrons. The Morgan fingerprint density at radius 3 is 2.53 bits per heavy atom. The van der Waals surface area contributed by atoms with Crippen LogP contribution in [-0.4, -0.2) is 22.9 Å². The van der Waals surface area contributed by atoms with Crippen molar-refractivity contribution in [1.29, 1.82) is 0 Å². The van der Waals surface area contributed by atoms with Gasteiger partial charge in [-0.05, 0) is 34.4 Å². The number of benzene rings is 2. The normalized spacial score (nSPS) is 13.8. The lowest BCUT2D eigenvalue weighted by Gasteiger charge is -2.19. The molecular formula is C14H15N3O2. The Bertz CT molecular complexity index is 636. The fourth-order valence-corrected chi connectivity index (χ4v) is 2.16. The third-order valence-electron chi connectivity index (χ3n) is 3.19. The molecule has 2 unspecified atom stereocenters. The summed E-state index contributed by atoms with van der Waals surface area (Å²) in [6.45, 7) is 1.84. The maximum atomic E-state index is 10.2. The van der Waals surface area contributed by atoms with Gasteiger partial charge in [0, 0.05) is 4.91 Å². The summed E-state index contributed by atoms with van der Waals surface area (Å²) in [5.74, 6) is 0. The highest BCUT2D eigenvalue weighted by Crippen LogP contribution is 2.28. The monoisotopic (exact) mass is 257 g/mol. The zero-order valence-corrected chi connectivity index (χ0v) is 10.6. The van der Waals surface area contributed by atoms with Crippen molar-refractivity contribution in [1.82, 2.24) is 0 Å². The number of aryl methyl sites for hydroxylation is 1. The van der Waals surface area contributed by atoms with E-state index in [0.29, 0.717) is 5.56 Å². The van der Waals surface area contributed by atoms with Crippen LogP contribution in [0.4, 0.5) is 0 Å². The van der Waals surface area contributed by atoms with E-state index in [9.17, 15) is 10.2 Å². The molecule has 0 bridgehead atoms. The van der Waals surface area contributed by atoms with Crippen molar-refractivity contribution in [3.63, 3.8) is 0 Å². The molecular weight excluding hydrogens is 242 g/mol. The topological polar surface area (TPSA) is 89.2 Å². The van der Waals surface area contributed by atoms with Gasteiger partial charge in [0.1, 0.15) is 6.10 Å². The maximum absolute atomic E-state index is 10.2. The first kappa shape index (κ1) is 13.4. The molecule has 0 saturated heterocycles. The summed E-state index contributed by atoms with van der Waals surface area (Å²) >= 11 is 0. The van der Waals surface area contributed by atoms with E-state index in [1.54, 1.807) is 6.07 Å². The number of azide groups is 1. The highest BCUT2D eigenvalue weighted by atomic mass is 16.3. The van der Waals surface area contributed by atoms with Crippen molar-refractivity contribution in [2.75, 3.05) is 6.54 Å². The summed E-state index contributed by atoms with van der Waals surface area (Å²) in [4.78, 5) is 2.58. The zero-order valence-electron chi connectivity index (χ0n) is 10.6. The summed E-state index contributed by atoms with van der Waals surface area (Å²) in [5, 5.41) is 25.2. The van der Waals surface area contributed by atoms with Gasteiger partial charge in [0.15, 0.2) is 0 Å². The molecule has 0 aliphatic carbocycles. The van der Waals surface area contributed by atoms with Gasteiger partial charge < -0.3 is 10.2 Å². The molecule has 2 atom stereocenters. The quantitative estimate of drug-likeness (QED) is 0.501. The van der Waals surface area contributed by atoms with Crippen molar-refractivity contribution < 1.29 is 10.2 Å². The van der Waals surface area contributed by atoms with Gasteiger partial charge in [-0.15, -0.1) is 0 Å². The molecule has 0 aliphatic rings. The van der Waals surface area contributed by atoms with E-state index in [0.717, 1.165) is 16.3 Å². The van der Waals surface area contributed by atoms with E-state index in [1.165, 1.54) is 0 Å². The number of hydrogen-bond donors (Lipinski definition) is 2. The average molecular weight is 257 g/mol. The van der Waals surface area contributed by atoms with Crippen molar-refractivity contribution in [2.45, 2.75) is 19.1 Å². The van der Waals surface area contributed by atoms with Crippen LogP contribution < -0.4 is 0 Å². The third kappa shape index (κ3) is 2.69. The third-order valence-corrected chi connectivity index (χ3v) is 3.19. The van der Waals surface area contributed by atoms with Crippen LogP contribution in [0.5, 0.6) is 0 Å².